The lowest BCUT2D eigenvalue weighted by Crippen LogP contribution is -2.29. The molecule has 1 aliphatic rings. The number of carbonyl (C=O) groups is 2. The topological polar surface area (TPSA) is 66.8 Å². The Balaban J connectivity index is 1.88. The van der Waals surface area contributed by atoms with Crippen LogP contribution in [0.1, 0.15) is 31.2 Å². The van der Waals surface area contributed by atoms with Crippen LogP contribution in [-0.4, -0.2) is 39.9 Å². The Kier molecular flexibility index (Phi) is 6.81. The zero-order valence-electron chi connectivity index (χ0n) is 13.4. The molecule has 1 N–H and O–H groups in total. The molecule has 7 heteroatoms. The third-order valence-electron chi connectivity index (χ3n) is 3.53. The van der Waals surface area contributed by atoms with Crippen LogP contribution < -0.4 is 0 Å². The summed E-state index contributed by atoms with van der Waals surface area (Å²) in [4.78, 5) is 25.6. The molecule has 0 atom stereocenters. The second kappa shape index (κ2) is 8.84. The maximum Gasteiger partial charge on any atom is 0.305 e. The molecule has 0 bridgehead atoms. The van der Waals surface area contributed by atoms with E-state index in [1.165, 1.54) is 18.9 Å². The minimum atomic E-state index is -0.213. The fourth-order valence-electron chi connectivity index (χ4n) is 2.28. The van der Waals surface area contributed by atoms with Crippen LogP contribution in [0, 0.1) is 0 Å². The van der Waals surface area contributed by atoms with Crippen molar-refractivity contribution in [3.63, 3.8) is 0 Å². The Labute approximate surface area is 150 Å². The van der Waals surface area contributed by atoms with Crippen LogP contribution in [-0.2, 0) is 14.3 Å². The summed E-state index contributed by atoms with van der Waals surface area (Å²) >= 11 is 6.55. The van der Waals surface area contributed by atoms with Crippen molar-refractivity contribution in [1.82, 2.24) is 4.90 Å². The van der Waals surface area contributed by atoms with Gasteiger partial charge in [-0.05, 0) is 36.6 Å². The Morgan fingerprint density at radius 2 is 2.17 bits per heavy atom. The van der Waals surface area contributed by atoms with E-state index in [9.17, 15) is 14.7 Å². The summed E-state index contributed by atoms with van der Waals surface area (Å²) < 4.78 is 5.13. The number of thioether (sulfide) groups is 1. The van der Waals surface area contributed by atoms with E-state index in [4.69, 9.17) is 12.2 Å². The van der Waals surface area contributed by atoms with E-state index in [-0.39, 0.29) is 17.6 Å². The maximum atomic E-state index is 12.4. The molecule has 1 fully saturated rings. The largest absolute Gasteiger partial charge is 0.508 e. The Bertz CT molecular complexity index is 672. The van der Waals surface area contributed by atoms with Crippen molar-refractivity contribution in [3.8, 4) is 5.75 Å². The minimum absolute atomic E-state index is 0.110. The minimum Gasteiger partial charge on any atom is -0.508 e. The standard InChI is InChI=1S/C17H19NO4S2/c1-22-15(20)8-3-2-4-9-18-16(21)14(24-17(18)23)11-12-6-5-7-13(19)10-12/h5-7,10-11,19H,2-4,8-9H2,1H3/b14-11+. The molecule has 0 unspecified atom stereocenters. The molecule has 0 aromatic heterocycles. The fourth-order valence-corrected chi connectivity index (χ4v) is 3.59. The Morgan fingerprint density at radius 3 is 2.88 bits per heavy atom. The van der Waals surface area contributed by atoms with Crippen LogP contribution in [0.25, 0.3) is 6.08 Å². The van der Waals surface area contributed by atoms with Gasteiger partial charge in [-0.25, -0.2) is 0 Å². The number of hydrogen-bond acceptors (Lipinski definition) is 6. The second-order valence-electron chi connectivity index (χ2n) is 5.32. The van der Waals surface area contributed by atoms with Gasteiger partial charge in [0, 0.05) is 13.0 Å². The number of hydrogen-bond donors (Lipinski definition) is 1. The third kappa shape index (κ3) is 5.07. The molecule has 1 heterocycles. The average Bonchev–Trinajstić information content (AvgIpc) is 2.81. The number of ether oxygens (including phenoxy) is 1. The van der Waals surface area contributed by atoms with Crippen LogP contribution in [0.3, 0.4) is 0 Å². The first kappa shape index (κ1) is 18.5. The molecule has 0 spiro atoms. The molecule has 0 radical (unpaired) electrons. The summed E-state index contributed by atoms with van der Waals surface area (Å²) in [5.41, 5.74) is 0.758. The lowest BCUT2D eigenvalue weighted by atomic mass is 10.2. The highest BCUT2D eigenvalue weighted by molar-refractivity contribution is 8.26. The molecule has 1 amide bonds. The van der Waals surface area contributed by atoms with Crippen molar-refractivity contribution in [1.29, 1.82) is 0 Å². The number of methoxy groups -OCH3 is 1. The predicted octanol–water partition coefficient (Wildman–Crippen LogP) is 3.33. The first-order valence-corrected chi connectivity index (χ1v) is 8.85. The highest BCUT2D eigenvalue weighted by Crippen LogP contribution is 2.33. The van der Waals surface area contributed by atoms with Crippen LogP contribution in [0.15, 0.2) is 29.2 Å². The van der Waals surface area contributed by atoms with Gasteiger partial charge in [-0.2, -0.15) is 0 Å². The summed E-state index contributed by atoms with van der Waals surface area (Å²) in [5, 5.41) is 9.49. The van der Waals surface area contributed by atoms with E-state index in [0.717, 1.165) is 24.8 Å². The SMILES string of the molecule is COC(=O)CCCCCN1C(=O)/C(=C\c2cccc(O)c2)SC1=S. The van der Waals surface area contributed by atoms with Gasteiger partial charge in [0.1, 0.15) is 10.1 Å². The number of rotatable bonds is 7. The molecular formula is C17H19NO4S2. The molecule has 1 saturated heterocycles. The van der Waals surface area contributed by atoms with Crippen molar-refractivity contribution in [3.05, 3.63) is 34.7 Å². The lowest BCUT2D eigenvalue weighted by molar-refractivity contribution is -0.140. The smallest absolute Gasteiger partial charge is 0.305 e. The van der Waals surface area contributed by atoms with Crippen LogP contribution in [0.4, 0.5) is 0 Å². The van der Waals surface area contributed by atoms with Gasteiger partial charge in [-0.3, -0.25) is 14.5 Å². The van der Waals surface area contributed by atoms with Crippen molar-refractivity contribution >= 4 is 46.3 Å². The van der Waals surface area contributed by atoms with Crippen molar-refractivity contribution in [2.75, 3.05) is 13.7 Å². The normalized spacial score (nSPS) is 16.0. The second-order valence-corrected chi connectivity index (χ2v) is 6.99. The number of thiocarbonyl (C=S) groups is 1. The van der Waals surface area contributed by atoms with Crippen LogP contribution in [0.5, 0.6) is 5.75 Å². The van der Waals surface area contributed by atoms with Gasteiger partial charge in [0.25, 0.3) is 5.91 Å². The van der Waals surface area contributed by atoms with E-state index in [2.05, 4.69) is 4.74 Å². The van der Waals surface area contributed by atoms with E-state index < -0.39 is 0 Å². The van der Waals surface area contributed by atoms with Gasteiger partial charge < -0.3 is 9.84 Å². The number of amides is 1. The van der Waals surface area contributed by atoms with E-state index in [1.807, 2.05) is 6.07 Å². The van der Waals surface area contributed by atoms with E-state index >= 15 is 0 Å². The van der Waals surface area contributed by atoms with Crippen molar-refractivity contribution in [2.45, 2.75) is 25.7 Å². The summed E-state index contributed by atoms with van der Waals surface area (Å²) in [7, 11) is 1.38. The highest BCUT2D eigenvalue weighted by atomic mass is 32.2. The molecule has 1 aliphatic heterocycles. The molecule has 0 aliphatic carbocycles. The number of nitrogens with zero attached hydrogens (tertiary/aromatic N) is 1. The number of phenolic OH excluding ortho intramolecular Hbond substituents is 1. The Hall–Kier alpha value is -1.86. The van der Waals surface area contributed by atoms with Gasteiger partial charge in [0.15, 0.2) is 0 Å². The number of unbranched alkanes of at least 4 members (excludes halogenated alkanes) is 2. The Morgan fingerprint density at radius 1 is 1.38 bits per heavy atom. The summed E-state index contributed by atoms with van der Waals surface area (Å²) in [6.07, 6.45) is 4.48. The van der Waals surface area contributed by atoms with Crippen molar-refractivity contribution < 1.29 is 19.4 Å². The van der Waals surface area contributed by atoms with Gasteiger partial charge in [-0.1, -0.05) is 42.5 Å². The maximum absolute atomic E-state index is 12.4. The van der Waals surface area contributed by atoms with Crippen molar-refractivity contribution in [2.24, 2.45) is 0 Å². The van der Waals surface area contributed by atoms with Gasteiger partial charge >= 0.3 is 5.97 Å². The molecule has 1 aromatic carbocycles. The fraction of sp³-hybridized carbons (Fsp3) is 0.353. The average molecular weight is 365 g/mol. The summed E-state index contributed by atoms with van der Waals surface area (Å²) in [6, 6.07) is 6.72. The lowest BCUT2D eigenvalue weighted by Gasteiger charge is -2.13. The molecule has 24 heavy (non-hydrogen) atoms. The number of carbonyl (C=O) groups excluding carboxylic acids is 2. The van der Waals surface area contributed by atoms with Gasteiger partial charge in [-0.15, -0.1) is 0 Å². The number of aromatic hydroxyl groups is 1. The van der Waals surface area contributed by atoms with E-state index in [1.54, 1.807) is 29.2 Å². The van der Waals surface area contributed by atoms with Crippen LogP contribution >= 0.6 is 24.0 Å². The molecule has 0 saturated carbocycles. The van der Waals surface area contributed by atoms with Gasteiger partial charge in [0.05, 0.1) is 12.0 Å². The first-order valence-electron chi connectivity index (χ1n) is 7.62. The molecule has 5 nitrogen and oxygen atoms in total. The van der Waals surface area contributed by atoms with E-state index in [0.29, 0.717) is 22.2 Å². The zero-order valence-corrected chi connectivity index (χ0v) is 15.0. The number of esters is 1. The molecular weight excluding hydrogens is 346 g/mol. The quantitative estimate of drug-likeness (QED) is 0.346. The first-order chi connectivity index (χ1) is 11.5. The number of benzene rings is 1. The molecule has 2 rings (SSSR count). The van der Waals surface area contributed by atoms with Crippen LogP contribution in [0.2, 0.25) is 0 Å². The summed E-state index contributed by atoms with van der Waals surface area (Å²) in [5.74, 6) is -0.166. The molecule has 1 aromatic rings. The van der Waals surface area contributed by atoms with Gasteiger partial charge in [0.2, 0.25) is 0 Å². The third-order valence-corrected chi connectivity index (χ3v) is 4.91. The number of phenols is 1. The zero-order chi connectivity index (χ0) is 17.5. The monoisotopic (exact) mass is 365 g/mol. The predicted molar refractivity (Wildman–Crippen MR) is 98.5 cm³/mol. The highest BCUT2D eigenvalue weighted by Gasteiger charge is 2.31. The summed E-state index contributed by atoms with van der Waals surface area (Å²) in [6.45, 7) is 0.545. The molecule has 128 valence electrons.